The summed E-state index contributed by atoms with van der Waals surface area (Å²) in [4.78, 5) is 26.0. The van der Waals surface area contributed by atoms with Gasteiger partial charge in [0.05, 0.1) is 5.92 Å². The molecule has 0 unspecified atom stereocenters. The van der Waals surface area contributed by atoms with E-state index < -0.39 is 0 Å². The summed E-state index contributed by atoms with van der Waals surface area (Å²) in [7, 11) is 0. The molecule has 1 aliphatic heterocycles. The van der Waals surface area contributed by atoms with E-state index in [0.29, 0.717) is 6.54 Å². The van der Waals surface area contributed by atoms with Crippen molar-refractivity contribution < 1.29 is 9.59 Å². The lowest BCUT2D eigenvalue weighted by molar-refractivity contribution is -0.142. The van der Waals surface area contributed by atoms with Crippen molar-refractivity contribution in [3.63, 3.8) is 0 Å². The molecule has 0 bridgehead atoms. The maximum atomic E-state index is 12.2. The third-order valence-electron chi connectivity index (χ3n) is 3.27. The summed E-state index contributed by atoms with van der Waals surface area (Å²) in [6.45, 7) is 9.90. The number of carbonyl (C=O) groups is 2. The van der Waals surface area contributed by atoms with E-state index in [1.807, 2.05) is 32.6 Å². The second-order valence-electron chi connectivity index (χ2n) is 6.13. The van der Waals surface area contributed by atoms with Gasteiger partial charge in [0.1, 0.15) is 0 Å². The minimum Gasteiger partial charge on any atom is -0.356 e. The highest BCUT2D eigenvalue weighted by Crippen LogP contribution is 2.23. The van der Waals surface area contributed by atoms with Crippen LogP contribution in [0.25, 0.3) is 0 Å². The molecule has 104 valence electrons. The largest absolute Gasteiger partial charge is 0.356 e. The van der Waals surface area contributed by atoms with E-state index in [0.717, 1.165) is 32.4 Å². The SMILES string of the molecule is CCCNC(=O)[C@@H]1CCCN(C(=O)C(C)(C)C)C1. The van der Waals surface area contributed by atoms with Crippen molar-refractivity contribution in [2.24, 2.45) is 11.3 Å². The zero-order valence-corrected chi connectivity index (χ0v) is 12.1. The molecule has 1 aliphatic rings. The Balaban J connectivity index is 2.56. The van der Waals surface area contributed by atoms with Crippen LogP contribution in [0.3, 0.4) is 0 Å². The van der Waals surface area contributed by atoms with E-state index in [1.165, 1.54) is 0 Å². The summed E-state index contributed by atoms with van der Waals surface area (Å²) >= 11 is 0. The van der Waals surface area contributed by atoms with Crippen LogP contribution in [-0.4, -0.2) is 36.3 Å². The first-order valence-electron chi connectivity index (χ1n) is 6.93. The molecule has 1 fully saturated rings. The van der Waals surface area contributed by atoms with Gasteiger partial charge in [-0.25, -0.2) is 0 Å². The molecule has 1 saturated heterocycles. The van der Waals surface area contributed by atoms with Gasteiger partial charge in [-0.1, -0.05) is 27.7 Å². The van der Waals surface area contributed by atoms with Crippen LogP contribution < -0.4 is 5.32 Å². The maximum Gasteiger partial charge on any atom is 0.227 e. The van der Waals surface area contributed by atoms with E-state index in [9.17, 15) is 9.59 Å². The summed E-state index contributed by atoms with van der Waals surface area (Å²) in [5, 5.41) is 2.92. The lowest BCUT2D eigenvalue weighted by atomic mass is 9.91. The molecule has 0 aromatic carbocycles. The molecule has 1 atom stereocenters. The fourth-order valence-electron chi connectivity index (χ4n) is 2.24. The molecule has 0 radical (unpaired) electrons. The summed E-state index contributed by atoms with van der Waals surface area (Å²) < 4.78 is 0. The number of nitrogens with zero attached hydrogens (tertiary/aromatic N) is 1. The zero-order chi connectivity index (χ0) is 13.8. The molecule has 2 amide bonds. The Hall–Kier alpha value is -1.06. The van der Waals surface area contributed by atoms with E-state index in [2.05, 4.69) is 5.32 Å². The molecule has 4 nitrogen and oxygen atoms in total. The lowest BCUT2D eigenvalue weighted by Gasteiger charge is -2.35. The molecule has 1 heterocycles. The average molecular weight is 254 g/mol. The fourth-order valence-corrected chi connectivity index (χ4v) is 2.24. The van der Waals surface area contributed by atoms with Gasteiger partial charge < -0.3 is 10.2 Å². The average Bonchev–Trinajstić information content (AvgIpc) is 2.34. The Labute approximate surface area is 110 Å². The number of amides is 2. The Morgan fingerprint density at radius 1 is 1.33 bits per heavy atom. The van der Waals surface area contributed by atoms with Crippen LogP contribution in [0.2, 0.25) is 0 Å². The summed E-state index contributed by atoms with van der Waals surface area (Å²) in [5.74, 6) is 0.218. The topological polar surface area (TPSA) is 49.4 Å². The van der Waals surface area contributed by atoms with Crippen LogP contribution in [-0.2, 0) is 9.59 Å². The monoisotopic (exact) mass is 254 g/mol. The Morgan fingerprint density at radius 3 is 2.56 bits per heavy atom. The van der Waals surface area contributed by atoms with Gasteiger partial charge in [0, 0.05) is 25.0 Å². The van der Waals surface area contributed by atoms with Crippen LogP contribution in [0.4, 0.5) is 0 Å². The maximum absolute atomic E-state index is 12.2. The predicted octanol–water partition coefficient (Wildman–Crippen LogP) is 1.80. The van der Waals surface area contributed by atoms with E-state index in [4.69, 9.17) is 0 Å². The van der Waals surface area contributed by atoms with Gasteiger partial charge in [-0.3, -0.25) is 9.59 Å². The van der Waals surface area contributed by atoms with Crippen molar-refractivity contribution in [3.8, 4) is 0 Å². The highest BCUT2D eigenvalue weighted by molar-refractivity contribution is 5.83. The zero-order valence-electron chi connectivity index (χ0n) is 12.1. The predicted molar refractivity (Wildman–Crippen MR) is 72.1 cm³/mol. The van der Waals surface area contributed by atoms with Gasteiger partial charge in [-0.05, 0) is 19.3 Å². The smallest absolute Gasteiger partial charge is 0.227 e. The van der Waals surface area contributed by atoms with Crippen molar-refractivity contribution >= 4 is 11.8 Å². The first-order valence-corrected chi connectivity index (χ1v) is 6.93. The van der Waals surface area contributed by atoms with Crippen LogP contribution >= 0.6 is 0 Å². The van der Waals surface area contributed by atoms with E-state index >= 15 is 0 Å². The van der Waals surface area contributed by atoms with Crippen molar-refractivity contribution in [2.45, 2.75) is 47.0 Å². The molecule has 0 aromatic rings. The quantitative estimate of drug-likeness (QED) is 0.835. The highest BCUT2D eigenvalue weighted by Gasteiger charge is 2.33. The van der Waals surface area contributed by atoms with Crippen LogP contribution in [0.5, 0.6) is 0 Å². The molecule has 0 aromatic heterocycles. The van der Waals surface area contributed by atoms with Crippen molar-refractivity contribution in [1.29, 1.82) is 0 Å². The molecular weight excluding hydrogens is 228 g/mol. The summed E-state index contributed by atoms with van der Waals surface area (Å²) in [6, 6.07) is 0. The summed E-state index contributed by atoms with van der Waals surface area (Å²) in [6.07, 6.45) is 2.76. The van der Waals surface area contributed by atoms with Crippen LogP contribution in [0, 0.1) is 11.3 Å². The van der Waals surface area contributed by atoms with E-state index in [1.54, 1.807) is 0 Å². The molecule has 1 N–H and O–H groups in total. The van der Waals surface area contributed by atoms with Crippen LogP contribution in [0.1, 0.15) is 47.0 Å². The minimum absolute atomic E-state index is 0.0309. The number of rotatable bonds is 3. The summed E-state index contributed by atoms with van der Waals surface area (Å²) in [5.41, 5.74) is -0.359. The number of nitrogens with one attached hydrogen (secondary N) is 1. The van der Waals surface area contributed by atoms with Crippen molar-refractivity contribution in [3.05, 3.63) is 0 Å². The minimum atomic E-state index is -0.359. The second kappa shape index (κ2) is 6.21. The first kappa shape index (κ1) is 15.0. The fraction of sp³-hybridized carbons (Fsp3) is 0.857. The lowest BCUT2D eigenvalue weighted by Crippen LogP contribution is -2.48. The van der Waals surface area contributed by atoms with E-state index in [-0.39, 0.29) is 23.1 Å². The Bertz CT molecular complexity index is 307. The first-order chi connectivity index (χ1) is 8.36. The van der Waals surface area contributed by atoms with Gasteiger partial charge >= 0.3 is 0 Å². The molecule has 0 spiro atoms. The molecular formula is C14H26N2O2. The Kier molecular flexibility index (Phi) is 5.17. The third kappa shape index (κ3) is 4.00. The number of carbonyl (C=O) groups excluding carboxylic acids is 2. The molecule has 0 saturated carbocycles. The van der Waals surface area contributed by atoms with Crippen LogP contribution in [0.15, 0.2) is 0 Å². The van der Waals surface area contributed by atoms with Gasteiger partial charge in [-0.2, -0.15) is 0 Å². The normalized spacial score (nSPS) is 20.7. The van der Waals surface area contributed by atoms with Gasteiger partial charge in [0.15, 0.2) is 0 Å². The van der Waals surface area contributed by atoms with Crippen molar-refractivity contribution in [1.82, 2.24) is 10.2 Å². The second-order valence-corrected chi connectivity index (χ2v) is 6.13. The molecule has 1 rings (SSSR count). The number of piperidine rings is 1. The molecule has 18 heavy (non-hydrogen) atoms. The number of hydrogen-bond donors (Lipinski definition) is 1. The third-order valence-corrected chi connectivity index (χ3v) is 3.27. The number of hydrogen-bond acceptors (Lipinski definition) is 2. The van der Waals surface area contributed by atoms with Gasteiger partial charge in [0.2, 0.25) is 11.8 Å². The highest BCUT2D eigenvalue weighted by atomic mass is 16.2. The van der Waals surface area contributed by atoms with Crippen molar-refractivity contribution in [2.75, 3.05) is 19.6 Å². The molecule has 4 heteroatoms. The Morgan fingerprint density at radius 2 is 2.00 bits per heavy atom. The molecule has 0 aliphatic carbocycles. The van der Waals surface area contributed by atoms with Gasteiger partial charge in [0.25, 0.3) is 0 Å². The number of likely N-dealkylation sites (tertiary alicyclic amines) is 1. The van der Waals surface area contributed by atoms with Gasteiger partial charge in [-0.15, -0.1) is 0 Å². The standard InChI is InChI=1S/C14H26N2O2/c1-5-8-15-12(17)11-7-6-9-16(10-11)13(18)14(2,3)4/h11H,5-10H2,1-4H3,(H,15,17)/t11-/m1/s1.